The van der Waals surface area contributed by atoms with Crippen molar-refractivity contribution in [1.29, 1.82) is 0 Å². The molecule has 3 rings (SSSR count). The first-order chi connectivity index (χ1) is 11.4. The van der Waals surface area contributed by atoms with Gasteiger partial charge in [-0.05, 0) is 35.9 Å². The van der Waals surface area contributed by atoms with Crippen LogP contribution in [0.4, 0.5) is 13.2 Å². The molecule has 126 valence electrons. The quantitative estimate of drug-likeness (QED) is 0.934. The molecule has 7 heteroatoms. The van der Waals surface area contributed by atoms with Crippen molar-refractivity contribution in [2.75, 3.05) is 13.2 Å². The predicted octanol–water partition coefficient (Wildman–Crippen LogP) is 3.41. The number of ether oxygens (including phenoxy) is 2. The maximum atomic E-state index is 12.7. The summed E-state index contributed by atoms with van der Waals surface area (Å²) >= 11 is 0. The van der Waals surface area contributed by atoms with Crippen LogP contribution in [0.2, 0.25) is 0 Å². The molecule has 1 N–H and O–H groups in total. The number of rotatable bonds is 3. The molecular weight excluding hydrogens is 323 g/mol. The van der Waals surface area contributed by atoms with Crippen molar-refractivity contribution in [2.24, 2.45) is 0 Å². The molecular formula is C17H14F3NO3. The van der Waals surface area contributed by atoms with Crippen molar-refractivity contribution in [3.8, 4) is 11.5 Å². The third-order valence-electron chi connectivity index (χ3n) is 3.51. The molecule has 0 fully saturated rings. The lowest BCUT2D eigenvalue weighted by Crippen LogP contribution is -2.23. The zero-order valence-corrected chi connectivity index (χ0v) is 12.5. The van der Waals surface area contributed by atoms with Gasteiger partial charge in [0.25, 0.3) is 5.91 Å². The molecule has 4 nitrogen and oxygen atoms in total. The Bertz CT molecular complexity index is 759. The molecule has 0 radical (unpaired) electrons. The maximum Gasteiger partial charge on any atom is 0.416 e. The van der Waals surface area contributed by atoms with Gasteiger partial charge < -0.3 is 14.8 Å². The van der Waals surface area contributed by atoms with Gasteiger partial charge in [0.15, 0.2) is 11.5 Å². The Morgan fingerprint density at radius 2 is 1.79 bits per heavy atom. The smallest absolute Gasteiger partial charge is 0.416 e. The lowest BCUT2D eigenvalue weighted by Gasteiger charge is -2.19. The number of alkyl halides is 3. The van der Waals surface area contributed by atoms with Crippen LogP contribution >= 0.6 is 0 Å². The third-order valence-corrected chi connectivity index (χ3v) is 3.51. The second-order valence-corrected chi connectivity index (χ2v) is 5.24. The molecule has 0 aliphatic carbocycles. The van der Waals surface area contributed by atoms with Gasteiger partial charge in [0.2, 0.25) is 0 Å². The summed E-state index contributed by atoms with van der Waals surface area (Å²) in [6.45, 7) is 1.11. The van der Waals surface area contributed by atoms with Crippen molar-refractivity contribution < 1.29 is 27.4 Å². The number of carbonyl (C=O) groups excluding carboxylic acids is 1. The second kappa shape index (κ2) is 6.43. The number of nitrogens with one attached hydrogen (secondary N) is 1. The normalized spacial score (nSPS) is 13.5. The first-order valence-electron chi connectivity index (χ1n) is 7.27. The van der Waals surface area contributed by atoms with Gasteiger partial charge in [-0.3, -0.25) is 4.79 Å². The highest BCUT2D eigenvalue weighted by atomic mass is 19.4. The standard InChI is InChI=1S/C17H14F3NO3/c18-17(19,20)13-3-1-2-12(9-13)16(22)21-10-11-4-5-14-15(8-11)24-7-6-23-14/h1-5,8-9H,6-7,10H2,(H,21,22). The lowest BCUT2D eigenvalue weighted by molar-refractivity contribution is -0.137. The minimum absolute atomic E-state index is 0.0395. The highest BCUT2D eigenvalue weighted by Crippen LogP contribution is 2.31. The van der Waals surface area contributed by atoms with E-state index in [1.165, 1.54) is 12.1 Å². The summed E-state index contributed by atoms with van der Waals surface area (Å²) in [5, 5.41) is 2.60. The summed E-state index contributed by atoms with van der Waals surface area (Å²) in [6.07, 6.45) is -4.48. The largest absolute Gasteiger partial charge is 0.486 e. The Kier molecular flexibility index (Phi) is 4.33. The van der Waals surface area contributed by atoms with E-state index in [2.05, 4.69) is 5.32 Å². The first kappa shape index (κ1) is 16.2. The lowest BCUT2D eigenvalue weighted by atomic mass is 10.1. The van der Waals surface area contributed by atoms with E-state index in [0.29, 0.717) is 24.7 Å². The summed E-state index contributed by atoms with van der Waals surface area (Å²) in [5.41, 5.74) is -0.128. The predicted molar refractivity (Wildman–Crippen MR) is 80.0 cm³/mol. The molecule has 1 aliphatic rings. The molecule has 1 aliphatic heterocycles. The number of hydrogen-bond donors (Lipinski definition) is 1. The Labute approximate surface area is 136 Å². The fourth-order valence-electron chi connectivity index (χ4n) is 2.32. The van der Waals surface area contributed by atoms with Crippen LogP contribution in [0, 0.1) is 0 Å². The second-order valence-electron chi connectivity index (χ2n) is 5.24. The molecule has 24 heavy (non-hydrogen) atoms. The maximum absolute atomic E-state index is 12.7. The summed E-state index contributed by atoms with van der Waals surface area (Å²) in [6, 6.07) is 9.55. The topological polar surface area (TPSA) is 47.6 Å². The molecule has 0 bridgehead atoms. The molecule has 2 aromatic rings. The van der Waals surface area contributed by atoms with Crippen LogP contribution in [0.25, 0.3) is 0 Å². The minimum Gasteiger partial charge on any atom is -0.486 e. The van der Waals surface area contributed by atoms with Crippen LogP contribution in [0.1, 0.15) is 21.5 Å². The monoisotopic (exact) mass is 337 g/mol. The van der Waals surface area contributed by atoms with Gasteiger partial charge in [0, 0.05) is 12.1 Å². The van der Waals surface area contributed by atoms with Gasteiger partial charge in [-0.2, -0.15) is 13.2 Å². The van der Waals surface area contributed by atoms with E-state index in [9.17, 15) is 18.0 Å². The number of carbonyl (C=O) groups is 1. The van der Waals surface area contributed by atoms with Crippen molar-refractivity contribution >= 4 is 5.91 Å². The van der Waals surface area contributed by atoms with Gasteiger partial charge in [-0.1, -0.05) is 12.1 Å². The summed E-state index contributed by atoms with van der Waals surface area (Å²) in [7, 11) is 0. The molecule has 1 heterocycles. The molecule has 0 unspecified atom stereocenters. The fourth-order valence-corrected chi connectivity index (χ4v) is 2.32. The Balaban J connectivity index is 1.67. The van der Waals surface area contributed by atoms with Gasteiger partial charge >= 0.3 is 6.18 Å². The Morgan fingerprint density at radius 3 is 2.54 bits per heavy atom. The highest BCUT2D eigenvalue weighted by molar-refractivity contribution is 5.94. The van der Waals surface area contributed by atoms with Gasteiger partial charge in [-0.25, -0.2) is 0 Å². The van der Waals surface area contributed by atoms with E-state index in [-0.39, 0.29) is 12.1 Å². The van der Waals surface area contributed by atoms with E-state index >= 15 is 0 Å². The van der Waals surface area contributed by atoms with Crippen molar-refractivity contribution in [1.82, 2.24) is 5.32 Å². The number of benzene rings is 2. The van der Waals surface area contributed by atoms with Crippen molar-refractivity contribution in [3.63, 3.8) is 0 Å². The van der Waals surface area contributed by atoms with E-state index in [0.717, 1.165) is 17.7 Å². The molecule has 0 spiro atoms. The summed E-state index contributed by atoms with van der Waals surface area (Å²) in [5.74, 6) is 0.650. The SMILES string of the molecule is O=C(NCc1ccc2c(c1)OCCO2)c1cccc(C(F)(F)F)c1. The number of fused-ring (bicyclic) bond motifs is 1. The van der Waals surface area contributed by atoms with E-state index in [1.807, 2.05) is 0 Å². The summed E-state index contributed by atoms with van der Waals surface area (Å²) in [4.78, 5) is 12.1. The summed E-state index contributed by atoms with van der Waals surface area (Å²) < 4.78 is 48.9. The number of amides is 1. The van der Waals surface area contributed by atoms with Gasteiger partial charge in [0.05, 0.1) is 5.56 Å². The number of halogens is 3. The zero-order valence-electron chi connectivity index (χ0n) is 12.5. The van der Waals surface area contributed by atoms with Gasteiger partial charge in [0.1, 0.15) is 13.2 Å². The highest BCUT2D eigenvalue weighted by Gasteiger charge is 2.30. The molecule has 1 amide bonds. The molecule has 0 saturated heterocycles. The van der Waals surface area contributed by atoms with Crippen LogP contribution in [-0.4, -0.2) is 19.1 Å². The van der Waals surface area contributed by atoms with Gasteiger partial charge in [-0.15, -0.1) is 0 Å². The van der Waals surface area contributed by atoms with E-state index < -0.39 is 17.6 Å². The third kappa shape index (κ3) is 3.61. The molecule has 2 aromatic carbocycles. The zero-order chi connectivity index (χ0) is 17.2. The van der Waals surface area contributed by atoms with Crippen LogP contribution in [0.15, 0.2) is 42.5 Å². The van der Waals surface area contributed by atoms with Crippen LogP contribution in [0.5, 0.6) is 11.5 Å². The van der Waals surface area contributed by atoms with Crippen LogP contribution in [-0.2, 0) is 12.7 Å². The van der Waals surface area contributed by atoms with E-state index in [4.69, 9.17) is 9.47 Å². The average molecular weight is 337 g/mol. The minimum atomic E-state index is -4.48. The first-order valence-corrected chi connectivity index (χ1v) is 7.27. The molecule has 0 atom stereocenters. The Morgan fingerprint density at radius 1 is 1.04 bits per heavy atom. The molecule has 0 saturated carbocycles. The van der Waals surface area contributed by atoms with E-state index in [1.54, 1.807) is 18.2 Å². The van der Waals surface area contributed by atoms with Crippen LogP contribution in [0.3, 0.4) is 0 Å². The van der Waals surface area contributed by atoms with Crippen molar-refractivity contribution in [3.05, 3.63) is 59.2 Å². The average Bonchev–Trinajstić information content (AvgIpc) is 2.59. The van der Waals surface area contributed by atoms with Crippen LogP contribution < -0.4 is 14.8 Å². The number of hydrogen-bond acceptors (Lipinski definition) is 3. The fraction of sp³-hybridized carbons (Fsp3) is 0.235. The van der Waals surface area contributed by atoms with Crippen molar-refractivity contribution in [2.45, 2.75) is 12.7 Å². The Hall–Kier alpha value is -2.70. The molecule has 0 aromatic heterocycles.